The molecule has 5 heteroatoms. The van der Waals surface area contributed by atoms with E-state index in [0.29, 0.717) is 18.2 Å². The fourth-order valence-corrected chi connectivity index (χ4v) is 1.47. The van der Waals surface area contributed by atoms with Crippen LogP contribution >= 0.6 is 0 Å². The van der Waals surface area contributed by atoms with E-state index in [9.17, 15) is 9.59 Å². The van der Waals surface area contributed by atoms with Gasteiger partial charge in [-0.25, -0.2) is 9.59 Å². The maximum Gasteiger partial charge on any atom is 0.335 e. The number of anilines is 1. The zero-order valence-electron chi connectivity index (χ0n) is 11.5. The number of hydrogen-bond donors (Lipinski definition) is 2. The van der Waals surface area contributed by atoms with Crippen LogP contribution in [0.25, 0.3) is 0 Å². The highest BCUT2D eigenvalue weighted by Gasteiger charge is 2.09. The summed E-state index contributed by atoms with van der Waals surface area (Å²) in [6.07, 6.45) is 0.946. The Morgan fingerprint density at radius 1 is 1.26 bits per heavy atom. The van der Waals surface area contributed by atoms with Crippen molar-refractivity contribution in [2.45, 2.75) is 20.3 Å². The van der Waals surface area contributed by atoms with Crippen LogP contribution < -0.4 is 5.32 Å². The Kier molecular flexibility index (Phi) is 5.36. The number of aromatic carboxylic acids is 1. The average molecular weight is 264 g/mol. The van der Waals surface area contributed by atoms with E-state index >= 15 is 0 Å². The number of rotatable bonds is 5. The van der Waals surface area contributed by atoms with Gasteiger partial charge in [0.05, 0.1) is 5.56 Å². The predicted octanol–water partition coefficient (Wildman–Crippen LogP) is 2.89. The van der Waals surface area contributed by atoms with E-state index in [0.717, 1.165) is 6.42 Å². The summed E-state index contributed by atoms with van der Waals surface area (Å²) < 4.78 is 0. The topological polar surface area (TPSA) is 69.6 Å². The highest BCUT2D eigenvalue weighted by Crippen LogP contribution is 2.10. The minimum absolute atomic E-state index is 0.191. The van der Waals surface area contributed by atoms with Crippen LogP contribution in [0, 0.1) is 5.92 Å². The summed E-state index contributed by atoms with van der Waals surface area (Å²) in [5, 5.41) is 11.5. The summed E-state index contributed by atoms with van der Waals surface area (Å²) in [5.41, 5.74) is 0.789. The fourth-order valence-electron chi connectivity index (χ4n) is 1.47. The van der Waals surface area contributed by atoms with Crippen molar-refractivity contribution in [2.75, 3.05) is 18.9 Å². The van der Waals surface area contributed by atoms with Gasteiger partial charge in [-0.15, -0.1) is 0 Å². The van der Waals surface area contributed by atoms with E-state index in [1.54, 1.807) is 24.1 Å². The number of carboxylic acids is 1. The number of benzene rings is 1. The molecule has 0 atom stereocenters. The maximum absolute atomic E-state index is 11.8. The number of carboxylic acid groups (broad SMARTS) is 1. The molecule has 1 aromatic rings. The lowest BCUT2D eigenvalue weighted by Crippen LogP contribution is -2.32. The number of nitrogens with one attached hydrogen (secondary N) is 1. The van der Waals surface area contributed by atoms with Gasteiger partial charge in [0.15, 0.2) is 0 Å². The molecular weight excluding hydrogens is 244 g/mol. The second-order valence-electron chi connectivity index (χ2n) is 4.92. The standard InChI is InChI=1S/C14H20N2O3/c1-10(2)8-9-16(3)14(19)15-12-6-4-11(5-7-12)13(17)18/h4-7,10H,8-9H2,1-3H3,(H,15,19)(H,17,18). The van der Waals surface area contributed by atoms with Crippen molar-refractivity contribution in [3.63, 3.8) is 0 Å². The molecule has 0 unspecified atom stereocenters. The summed E-state index contributed by atoms with van der Waals surface area (Å²) in [7, 11) is 1.74. The third-order valence-electron chi connectivity index (χ3n) is 2.77. The number of hydrogen-bond acceptors (Lipinski definition) is 2. The Bertz CT molecular complexity index is 441. The van der Waals surface area contributed by atoms with Gasteiger partial charge in [-0.1, -0.05) is 13.8 Å². The van der Waals surface area contributed by atoms with Gasteiger partial charge in [-0.05, 0) is 36.6 Å². The fraction of sp³-hybridized carbons (Fsp3) is 0.429. The Labute approximate surface area is 113 Å². The molecule has 0 aliphatic heterocycles. The Morgan fingerprint density at radius 3 is 2.32 bits per heavy atom. The second kappa shape index (κ2) is 6.78. The van der Waals surface area contributed by atoms with Gasteiger partial charge >= 0.3 is 12.0 Å². The first-order chi connectivity index (χ1) is 8.90. The van der Waals surface area contributed by atoms with Crippen LogP contribution in [0.1, 0.15) is 30.6 Å². The van der Waals surface area contributed by atoms with E-state index in [2.05, 4.69) is 19.2 Å². The summed E-state index contributed by atoms with van der Waals surface area (Å²) in [5.74, 6) is -0.433. The monoisotopic (exact) mass is 264 g/mol. The molecule has 0 saturated heterocycles. The van der Waals surface area contributed by atoms with Crippen molar-refractivity contribution in [1.29, 1.82) is 0 Å². The number of carbonyl (C=O) groups is 2. The minimum atomic E-state index is -0.980. The molecule has 0 radical (unpaired) electrons. The normalized spacial score (nSPS) is 10.3. The van der Waals surface area contributed by atoms with Crippen LogP contribution in [0.4, 0.5) is 10.5 Å². The second-order valence-corrected chi connectivity index (χ2v) is 4.92. The predicted molar refractivity (Wildman–Crippen MR) is 74.5 cm³/mol. The van der Waals surface area contributed by atoms with E-state index < -0.39 is 5.97 Å². The maximum atomic E-state index is 11.8. The molecule has 5 nitrogen and oxygen atoms in total. The SMILES string of the molecule is CC(C)CCN(C)C(=O)Nc1ccc(C(=O)O)cc1. The molecule has 2 N–H and O–H groups in total. The molecule has 1 aromatic carbocycles. The molecule has 0 aliphatic carbocycles. The van der Waals surface area contributed by atoms with Crippen molar-refractivity contribution >= 4 is 17.7 Å². The van der Waals surface area contributed by atoms with E-state index in [1.807, 2.05) is 0 Å². The lowest BCUT2D eigenvalue weighted by atomic mass is 10.1. The van der Waals surface area contributed by atoms with Crippen molar-refractivity contribution in [3.8, 4) is 0 Å². The van der Waals surface area contributed by atoms with Gasteiger partial charge in [0.25, 0.3) is 0 Å². The Hall–Kier alpha value is -2.04. The summed E-state index contributed by atoms with van der Waals surface area (Å²) >= 11 is 0. The zero-order valence-corrected chi connectivity index (χ0v) is 11.5. The lowest BCUT2D eigenvalue weighted by molar-refractivity contribution is 0.0697. The lowest BCUT2D eigenvalue weighted by Gasteiger charge is -2.19. The number of nitrogens with zero attached hydrogens (tertiary/aromatic N) is 1. The molecule has 0 aromatic heterocycles. The van der Waals surface area contributed by atoms with E-state index in [-0.39, 0.29) is 11.6 Å². The molecule has 19 heavy (non-hydrogen) atoms. The molecule has 0 saturated carbocycles. The van der Waals surface area contributed by atoms with Crippen LogP contribution in [-0.2, 0) is 0 Å². The quantitative estimate of drug-likeness (QED) is 0.859. The van der Waals surface area contributed by atoms with Crippen molar-refractivity contribution in [2.24, 2.45) is 5.92 Å². The molecule has 0 spiro atoms. The Balaban J connectivity index is 2.54. The summed E-state index contributed by atoms with van der Waals surface area (Å²) in [6.45, 7) is 4.91. The molecule has 0 bridgehead atoms. The smallest absolute Gasteiger partial charge is 0.335 e. The highest BCUT2D eigenvalue weighted by molar-refractivity contribution is 5.91. The number of urea groups is 1. The Morgan fingerprint density at radius 2 is 1.84 bits per heavy atom. The third kappa shape index (κ3) is 4.99. The van der Waals surface area contributed by atoms with E-state index in [1.165, 1.54) is 12.1 Å². The summed E-state index contributed by atoms with van der Waals surface area (Å²) in [4.78, 5) is 24.2. The van der Waals surface area contributed by atoms with Crippen LogP contribution in [-0.4, -0.2) is 35.6 Å². The first kappa shape index (κ1) is 15.0. The van der Waals surface area contributed by atoms with Crippen molar-refractivity contribution in [3.05, 3.63) is 29.8 Å². The first-order valence-electron chi connectivity index (χ1n) is 6.25. The molecule has 0 aliphatic rings. The van der Waals surface area contributed by atoms with Gasteiger partial charge in [0, 0.05) is 19.3 Å². The van der Waals surface area contributed by atoms with E-state index in [4.69, 9.17) is 5.11 Å². The van der Waals surface area contributed by atoms with Gasteiger partial charge in [0.1, 0.15) is 0 Å². The number of carbonyl (C=O) groups excluding carboxylic acids is 1. The third-order valence-corrected chi connectivity index (χ3v) is 2.77. The summed E-state index contributed by atoms with van der Waals surface area (Å²) in [6, 6.07) is 5.90. The molecule has 2 amide bonds. The molecular formula is C14H20N2O3. The van der Waals surface area contributed by atoms with Crippen LogP contribution in [0.3, 0.4) is 0 Å². The van der Waals surface area contributed by atoms with Crippen LogP contribution in [0.15, 0.2) is 24.3 Å². The van der Waals surface area contributed by atoms with Crippen molar-refractivity contribution < 1.29 is 14.7 Å². The zero-order chi connectivity index (χ0) is 14.4. The molecule has 1 rings (SSSR count). The van der Waals surface area contributed by atoms with Gasteiger partial charge in [-0.3, -0.25) is 0 Å². The highest BCUT2D eigenvalue weighted by atomic mass is 16.4. The minimum Gasteiger partial charge on any atom is -0.478 e. The first-order valence-corrected chi connectivity index (χ1v) is 6.25. The number of amides is 2. The average Bonchev–Trinajstić information content (AvgIpc) is 2.36. The van der Waals surface area contributed by atoms with Crippen LogP contribution in [0.2, 0.25) is 0 Å². The van der Waals surface area contributed by atoms with Crippen LogP contribution in [0.5, 0.6) is 0 Å². The van der Waals surface area contributed by atoms with Gasteiger partial charge in [0.2, 0.25) is 0 Å². The molecule has 0 fully saturated rings. The van der Waals surface area contributed by atoms with Gasteiger partial charge < -0.3 is 15.3 Å². The van der Waals surface area contributed by atoms with Crippen molar-refractivity contribution in [1.82, 2.24) is 4.90 Å². The van der Waals surface area contributed by atoms with Gasteiger partial charge in [-0.2, -0.15) is 0 Å². The molecule has 104 valence electrons. The largest absolute Gasteiger partial charge is 0.478 e. The molecule has 0 heterocycles.